The molecule has 4 atom stereocenters. The lowest BCUT2D eigenvalue weighted by Crippen LogP contribution is -2.51. The average Bonchev–Trinajstić information content (AvgIpc) is 3.45. The summed E-state index contributed by atoms with van der Waals surface area (Å²) in [6, 6.07) is 16.4. The number of pyridine rings is 1. The van der Waals surface area contributed by atoms with Gasteiger partial charge in [0.1, 0.15) is 18.1 Å². The zero-order valence-corrected chi connectivity index (χ0v) is 23.3. The van der Waals surface area contributed by atoms with Crippen molar-refractivity contribution in [1.29, 1.82) is 0 Å². The Kier molecular flexibility index (Phi) is 7.64. The lowest BCUT2D eigenvalue weighted by Gasteiger charge is -2.48. The third-order valence-corrected chi connectivity index (χ3v) is 8.82. The third kappa shape index (κ3) is 5.16. The Labute approximate surface area is 240 Å². The van der Waals surface area contributed by atoms with Gasteiger partial charge in [0.05, 0.1) is 11.8 Å². The van der Waals surface area contributed by atoms with Gasteiger partial charge in [-0.25, -0.2) is 0 Å². The first-order valence-electron chi connectivity index (χ1n) is 14.4. The van der Waals surface area contributed by atoms with Crippen LogP contribution in [-0.4, -0.2) is 39.9 Å². The van der Waals surface area contributed by atoms with E-state index in [1.54, 1.807) is 30.5 Å². The van der Waals surface area contributed by atoms with Crippen molar-refractivity contribution in [2.45, 2.75) is 52.1 Å². The number of furan rings is 1. The first kappa shape index (κ1) is 27.6. The molecule has 8 heteroatoms. The van der Waals surface area contributed by atoms with E-state index in [1.165, 1.54) is 0 Å². The van der Waals surface area contributed by atoms with Crippen LogP contribution >= 0.6 is 0 Å². The molecule has 0 unspecified atom stereocenters. The first-order valence-corrected chi connectivity index (χ1v) is 14.4. The highest BCUT2D eigenvalue weighted by Gasteiger charge is 2.53. The Balaban J connectivity index is 1.36. The molecule has 3 aliphatic rings. The lowest BCUT2D eigenvalue weighted by atomic mass is 9.53. The highest BCUT2D eigenvalue weighted by molar-refractivity contribution is 6.43. The number of carbonyl (C=O) groups is 2. The fourth-order valence-electron chi connectivity index (χ4n) is 7.00. The summed E-state index contributed by atoms with van der Waals surface area (Å²) in [5, 5.41) is 20.4. The molecule has 2 N–H and O–H groups in total. The van der Waals surface area contributed by atoms with Crippen molar-refractivity contribution in [3.63, 3.8) is 0 Å². The van der Waals surface area contributed by atoms with Crippen LogP contribution < -0.4 is 0 Å². The van der Waals surface area contributed by atoms with Crippen LogP contribution in [0.4, 0.5) is 0 Å². The predicted molar refractivity (Wildman–Crippen MR) is 156 cm³/mol. The minimum atomic E-state index is -1.03. The summed E-state index contributed by atoms with van der Waals surface area (Å²) in [6.07, 6.45) is 5.23. The Hall–Kier alpha value is -3.59. The van der Waals surface area contributed by atoms with Crippen molar-refractivity contribution in [3.8, 4) is 0 Å². The molecule has 1 aromatic carbocycles. The monoisotopic (exact) mass is 551 g/mol. The van der Waals surface area contributed by atoms with Crippen molar-refractivity contribution in [3.05, 3.63) is 100 Å². The molecule has 2 aromatic heterocycles. The van der Waals surface area contributed by atoms with Crippen molar-refractivity contribution in [1.82, 2.24) is 4.98 Å². The molecule has 3 heterocycles. The van der Waals surface area contributed by atoms with Crippen molar-refractivity contribution < 1.29 is 28.8 Å². The number of carbonyl (C=O) groups excluding carboxylic acids is 2. The third-order valence-electron chi connectivity index (χ3n) is 8.82. The van der Waals surface area contributed by atoms with Gasteiger partial charge in [-0.3, -0.25) is 14.6 Å². The number of aliphatic hydroxyl groups excluding tert-OH is 1. The largest absolute Gasteiger partial charge is 0.459 e. The number of allylic oxidation sites excluding steroid dienone is 2. The van der Waals surface area contributed by atoms with Crippen LogP contribution in [0.25, 0.3) is 11.6 Å². The van der Waals surface area contributed by atoms with Crippen LogP contribution in [-0.2, 0) is 11.3 Å². The number of rotatable bonds is 7. The second-order valence-electron chi connectivity index (χ2n) is 11.6. The van der Waals surface area contributed by atoms with Gasteiger partial charge in [0.25, 0.3) is 0 Å². The minimum Gasteiger partial charge on any atom is -0.459 e. The van der Waals surface area contributed by atoms with Gasteiger partial charge in [-0.1, -0.05) is 49.8 Å². The van der Waals surface area contributed by atoms with Crippen LogP contribution in [0.1, 0.15) is 71.0 Å². The average molecular weight is 551 g/mol. The zero-order chi connectivity index (χ0) is 28.7. The van der Waals surface area contributed by atoms with E-state index in [-0.39, 0.29) is 30.0 Å². The van der Waals surface area contributed by atoms with E-state index >= 15 is 0 Å². The summed E-state index contributed by atoms with van der Waals surface area (Å²) in [5.74, 6) is 0.112. The molecule has 0 spiro atoms. The van der Waals surface area contributed by atoms with E-state index in [4.69, 9.17) is 9.07 Å². The van der Waals surface area contributed by atoms with Crippen LogP contribution in [0.3, 0.4) is 0 Å². The summed E-state index contributed by atoms with van der Waals surface area (Å²) < 4.78 is 11.9. The second kappa shape index (κ2) is 11.4. The van der Waals surface area contributed by atoms with E-state index in [9.17, 15) is 19.7 Å². The number of aliphatic hydroxyl groups is 1. The number of fused-ring (bicyclic) bond motifs is 4. The molecule has 2 aliphatic carbocycles. The summed E-state index contributed by atoms with van der Waals surface area (Å²) in [6.45, 7) is 4.07. The summed E-state index contributed by atoms with van der Waals surface area (Å²) >= 11 is 0. The van der Waals surface area contributed by atoms with Gasteiger partial charge in [-0.15, -0.1) is 0 Å². The number of benzene rings is 1. The summed E-state index contributed by atoms with van der Waals surface area (Å²) in [4.78, 5) is 32.1. The predicted octanol–water partition coefficient (Wildman–Crippen LogP) is 5.65. The van der Waals surface area contributed by atoms with Gasteiger partial charge in [0, 0.05) is 29.2 Å². The maximum absolute atomic E-state index is 13.9. The van der Waals surface area contributed by atoms with Crippen molar-refractivity contribution >= 4 is 30.3 Å². The maximum Gasteiger partial charge on any atom is 0.455 e. The molecule has 0 saturated carbocycles. The van der Waals surface area contributed by atoms with Crippen LogP contribution in [0.5, 0.6) is 0 Å². The molecule has 6 rings (SSSR count). The lowest BCUT2D eigenvalue weighted by molar-refractivity contribution is 0.0594. The number of aromatic nitrogens is 1. The Morgan fingerprint density at radius 1 is 1.05 bits per heavy atom. The summed E-state index contributed by atoms with van der Waals surface area (Å²) in [7, 11) is -1.03. The van der Waals surface area contributed by atoms with Crippen LogP contribution in [0, 0.1) is 23.7 Å². The van der Waals surface area contributed by atoms with Crippen LogP contribution in [0.15, 0.2) is 76.4 Å². The van der Waals surface area contributed by atoms with Gasteiger partial charge in [0.15, 0.2) is 11.6 Å². The van der Waals surface area contributed by atoms with Gasteiger partial charge in [0.2, 0.25) is 0 Å². The normalized spacial score (nSPS) is 24.4. The minimum absolute atomic E-state index is 0.00469. The van der Waals surface area contributed by atoms with E-state index in [0.29, 0.717) is 48.2 Å². The molecule has 1 saturated heterocycles. The Morgan fingerprint density at radius 2 is 1.80 bits per heavy atom. The fraction of sp³-hybridized carbons (Fsp3) is 0.364. The molecule has 1 aliphatic heterocycles. The highest BCUT2D eigenvalue weighted by atomic mass is 16.5. The van der Waals surface area contributed by atoms with E-state index in [1.807, 2.05) is 36.4 Å². The molecule has 0 radical (unpaired) electrons. The quantitative estimate of drug-likeness (QED) is 0.288. The topological polar surface area (TPSA) is 110 Å². The molecular weight excluding hydrogens is 517 g/mol. The molecule has 0 bridgehead atoms. The maximum atomic E-state index is 13.9. The molecule has 0 amide bonds. The number of Topliss-reactive ketones (excluding diaryl/α,β-unsaturated/α-hetero) is 2. The second-order valence-corrected chi connectivity index (χ2v) is 11.6. The number of hydrogen-bond acceptors (Lipinski definition) is 7. The van der Waals surface area contributed by atoms with Gasteiger partial charge in [-0.05, 0) is 78.9 Å². The SMILES string of the molecule is CC(C)C1=C2[C@@H](CC/C(=C/c3ccc(CO)o3)c3ccccn3)OB(O)C[C@@H]2[C@@H]2C(=O)c3ccccc3C(=O)[C@@H]2C1. The number of nitrogens with zero attached hydrogens (tertiary/aromatic N) is 1. The van der Waals surface area contributed by atoms with Crippen LogP contribution in [0.2, 0.25) is 6.32 Å². The molecule has 7 nitrogen and oxygen atoms in total. The van der Waals surface area contributed by atoms with Gasteiger partial charge >= 0.3 is 7.12 Å². The zero-order valence-electron chi connectivity index (χ0n) is 23.3. The van der Waals surface area contributed by atoms with E-state index in [0.717, 1.165) is 22.4 Å². The van der Waals surface area contributed by atoms with E-state index in [2.05, 4.69) is 18.8 Å². The van der Waals surface area contributed by atoms with Gasteiger partial charge < -0.3 is 19.2 Å². The van der Waals surface area contributed by atoms with Crippen molar-refractivity contribution in [2.24, 2.45) is 23.7 Å². The Morgan fingerprint density at radius 3 is 2.49 bits per heavy atom. The smallest absolute Gasteiger partial charge is 0.455 e. The first-order chi connectivity index (χ1) is 19.9. The van der Waals surface area contributed by atoms with Crippen molar-refractivity contribution in [2.75, 3.05) is 0 Å². The molecule has 1 fully saturated rings. The van der Waals surface area contributed by atoms with Gasteiger partial charge in [-0.2, -0.15) is 0 Å². The van der Waals surface area contributed by atoms with E-state index < -0.39 is 25.1 Å². The molecule has 210 valence electrons. The standard InChI is InChI=1S/C33H34BNO6/c1-19(2)25-16-26-31(33(38)24-8-4-3-7-23(24)32(26)37)27-17-34(39)41-29(30(25)27)13-10-20(28-9-5-6-14-35-28)15-21-11-12-22(18-36)40-21/h3-9,11-12,14-15,19,26-27,29,31,36,39H,10,13,16-18H2,1-2H3/b20-15-/t26-,27+,29-,31-/m1/s1. The fourth-order valence-corrected chi connectivity index (χ4v) is 7.00. The molecule has 3 aromatic rings. The number of hydrogen-bond donors (Lipinski definition) is 2. The Bertz CT molecular complexity index is 1520. The summed E-state index contributed by atoms with van der Waals surface area (Å²) in [5.41, 5.74) is 4.98. The number of ketones is 2. The molecule has 41 heavy (non-hydrogen) atoms. The highest BCUT2D eigenvalue weighted by Crippen LogP contribution is 2.52. The molecular formula is C33H34BNO6.